The van der Waals surface area contributed by atoms with Gasteiger partial charge in [-0.15, -0.1) is 10.2 Å². The van der Waals surface area contributed by atoms with Gasteiger partial charge in [-0.1, -0.05) is 0 Å². The molecule has 2 aromatic carbocycles. The number of aryl methyl sites for hydroxylation is 4. The number of azo groups is 2. The number of carbonyl (C=O) groups excluding carboxylic acids is 2. The molecule has 3 aromatic rings. The van der Waals surface area contributed by atoms with Gasteiger partial charge in [-0.25, -0.2) is 4.90 Å². The quantitative estimate of drug-likeness (QED) is 0.214. The molecule has 0 bridgehead atoms. The van der Waals surface area contributed by atoms with Crippen molar-refractivity contribution in [3.05, 3.63) is 101 Å². The van der Waals surface area contributed by atoms with Crippen LogP contribution in [0.4, 0.5) is 27.5 Å². The Hall–Kier alpha value is -5.80. The fourth-order valence-corrected chi connectivity index (χ4v) is 10.2. The Bertz CT molecular complexity index is 2270. The average Bonchev–Trinajstić information content (AvgIpc) is 3.83. The van der Waals surface area contributed by atoms with E-state index in [1.165, 1.54) is 68.8 Å². The van der Waals surface area contributed by atoms with E-state index in [4.69, 9.17) is 20.5 Å². The first-order valence-corrected chi connectivity index (χ1v) is 22.8. The number of pyridine rings is 1. The molecule has 0 fully saturated rings. The van der Waals surface area contributed by atoms with Crippen LogP contribution >= 0.6 is 0 Å². The number of nitrogens with zero attached hydrogens (tertiary/aromatic N) is 11. The maximum Gasteiger partial charge on any atom is 0.524 e. The number of hydrogen-bond donors (Lipinski definition) is 2. The molecule has 7 heterocycles. The zero-order chi connectivity index (χ0) is 42.7. The van der Waals surface area contributed by atoms with Crippen molar-refractivity contribution in [1.82, 2.24) is 14.7 Å². The molecule has 1 aromatic heterocycles. The molecule has 0 spiro atoms. The molecule has 0 aliphatic carbocycles. The molecule has 2 N–H and O–H groups in total. The molecule has 15 heteroatoms. The van der Waals surface area contributed by atoms with E-state index in [-0.39, 0.29) is 18.2 Å². The first kappa shape index (κ1) is 41.5. The number of aromatic nitrogens is 1. The Morgan fingerprint density at radius 2 is 1.29 bits per heavy atom. The van der Waals surface area contributed by atoms with E-state index in [1.54, 1.807) is 34.3 Å². The second kappa shape index (κ2) is 18.3. The van der Waals surface area contributed by atoms with Gasteiger partial charge in [0.1, 0.15) is 41.8 Å². The molecule has 9 rings (SSSR count). The Morgan fingerprint density at radius 3 is 1.89 bits per heavy atom. The largest absolute Gasteiger partial charge is 0.524 e. The normalized spacial score (nSPS) is 21.4. The Morgan fingerprint density at radius 1 is 0.742 bits per heavy atom. The molecular weight excluding hydrogens is 779 g/mol. The van der Waals surface area contributed by atoms with Crippen molar-refractivity contribution in [2.45, 2.75) is 70.5 Å². The highest BCUT2D eigenvalue weighted by molar-refractivity contribution is 5.93. The number of rotatable bonds is 12. The predicted octanol–water partition coefficient (Wildman–Crippen LogP) is 3.64. The van der Waals surface area contributed by atoms with Crippen LogP contribution in [-0.4, -0.2) is 124 Å². The van der Waals surface area contributed by atoms with E-state index in [9.17, 15) is 9.59 Å². The van der Waals surface area contributed by atoms with Crippen LogP contribution in [0.1, 0.15) is 71.1 Å². The molecule has 0 radical (unpaired) electrons. The zero-order valence-corrected chi connectivity index (χ0v) is 37.0. The number of quaternary nitrogens is 2. The smallest absolute Gasteiger partial charge is 0.371 e. The molecule has 15 nitrogen and oxygen atoms in total. The first-order valence-electron chi connectivity index (χ1n) is 22.8. The summed E-state index contributed by atoms with van der Waals surface area (Å²) in [6, 6.07) is 12.2. The molecule has 2 amide bonds. The molecular formula is C47H63N13O2+4. The summed E-state index contributed by atoms with van der Waals surface area (Å²) >= 11 is 0. The fraction of sp³-hybridized carbons (Fsp3) is 0.489. The zero-order valence-electron chi connectivity index (χ0n) is 37.0. The van der Waals surface area contributed by atoms with Gasteiger partial charge in [-0.05, 0) is 115 Å². The summed E-state index contributed by atoms with van der Waals surface area (Å²) in [5, 5.41) is 19.0. The Kier molecular flexibility index (Phi) is 12.2. The van der Waals surface area contributed by atoms with E-state index >= 15 is 0 Å². The van der Waals surface area contributed by atoms with Gasteiger partial charge in [0.05, 0.1) is 45.6 Å². The molecule has 0 saturated heterocycles. The average molecular weight is 842 g/mol. The SMILES string of the molecule is CN(CCC[NH+]1C=C[N+](C)=C1N=Nc1cc2c3c(c1)CCCN3CCC2)C(=O)c1cc[n+](C(=O)N(C)CCC[NH+]2C=CN(C)C2N=Nc2cc3c4c(c2)CCCN4CCC3)cc1. The van der Waals surface area contributed by atoms with Gasteiger partial charge >= 0.3 is 12.0 Å². The summed E-state index contributed by atoms with van der Waals surface area (Å²) < 4.78 is 3.55. The third-order valence-electron chi connectivity index (χ3n) is 13.4. The van der Waals surface area contributed by atoms with Crippen molar-refractivity contribution >= 4 is 40.6 Å². The van der Waals surface area contributed by atoms with Gasteiger partial charge < -0.3 is 19.6 Å². The lowest BCUT2D eigenvalue weighted by molar-refractivity contribution is -0.877. The standard InChI is InChI=1S/C47H61N13O2/c1-52(17-9-23-58-29-27-53(2)45(58)50-48-40-31-36-11-5-19-56-20-6-12-37(32-40)42(36)56)44(61)35-15-25-60(26-16-35)47(62)55(4)18-10-24-59-30-28-54(3)46(59)51-49-41-33-38-13-7-21-57-22-8-14-39(34-41)43(38)57/h15-16,25-34,46H,5-14,17-24H2,1-4H3/q+2/p+2. The highest BCUT2D eigenvalue weighted by atomic mass is 16.2. The summed E-state index contributed by atoms with van der Waals surface area (Å²) in [6.07, 6.45) is 22.3. The number of amides is 2. The maximum absolute atomic E-state index is 13.4. The summed E-state index contributed by atoms with van der Waals surface area (Å²) in [4.78, 5) is 39.8. The van der Waals surface area contributed by atoms with E-state index in [0.29, 0.717) is 18.7 Å². The van der Waals surface area contributed by atoms with Crippen molar-refractivity contribution in [2.24, 2.45) is 20.5 Å². The number of anilines is 2. The van der Waals surface area contributed by atoms with Crippen molar-refractivity contribution in [3.8, 4) is 0 Å². The number of benzene rings is 2. The van der Waals surface area contributed by atoms with Gasteiger partial charge in [0.15, 0.2) is 0 Å². The minimum absolute atomic E-state index is 0.0768. The van der Waals surface area contributed by atoms with Crippen molar-refractivity contribution < 1.29 is 28.5 Å². The van der Waals surface area contributed by atoms with Crippen LogP contribution < -0.4 is 24.2 Å². The van der Waals surface area contributed by atoms with Crippen molar-refractivity contribution in [3.63, 3.8) is 0 Å². The number of guanidine groups is 1. The number of hydrogen-bond acceptors (Lipinski definition) is 9. The van der Waals surface area contributed by atoms with Gasteiger partial charge in [0.2, 0.25) is 0 Å². The molecule has 62 heavy (non-hydrogen) atoms. The molecule has 3 atom stereocenters. The minimum atomic E-state index is -0.145. The third-order valence-corrected chi connectivity index (χ3v) is 13.4. The Balaban J connectivity index is 0.726. The molecule has 0 saturated carbocycles. The summed E-state index contributed by atoms with van der Waals surface area (Å²) in [5.74, 6) is 0.774. The summed E-state index contributed by atoms with van der Waals surface area (Å²) in [6.45, 7) is 7.39. The summed E-state index contributed by atoms with van der Waals surface area (Å²) in [5.41, 5.74) is 10.9. The molecule has 3 unspecified atom stereocenters. The van der Waals surface area contributed by atoms with Gasteiger partial charge in [0.25, 0.3) is 12.2 Å². The highest BCUT2D eigenvalue weighted by Crippen LogP contribution is 2.39. The molecule has 6 aliphatic heterocycles. The van der Waals surface area contributed by atoms with Crippen molar-refractivity contribution in [2.75, 3.05) is 90.3 Å². The molecule has 6 aliphatic rings. The highest BCUT2D eigenvalue weighted by Gasteiger charge is 2.33. The lowest BCUT2D eigenvalue weighted by Crippen LogP contribution is -3.11. The minimum Gasteiger partial charge on any atom is -0.371 e. The van der Waals surface area contributed by atoms with Gasteiger partial charge in [-0.2, -0.15) is 18.8 Å². The van der Waals surface area contributed by atoms with E-state index < -0.39 is 0 Å². The lowest BCUT2D eigenvalue weighted by atomic mass is 9.91. The van der Waals surface area contributed by atoms with Crippen LogP contribution in [0.5, 0.6) is 0 Å². The van der Waals surface area contributed by atoms with Crippen LogP contribution in [0.2, 0.25) is 0 Å². The maximum atomic E-state index is 13.4. The van der Waals surface area contributed by atoms with Crippen LogP contribution in [0, 0.1) is 0 Å². The summed E-state index contributed by atoms with van der Waals surface area (Å²) in [7, 11) is 7.69. The number of nitrogens with one attached hydrogen (secondary N) is 2. The monoisotopic (exact) mass is 842 g/mol. The van der Waals surface area contributed by atoms with Crippen LogP contribution in [0.3, 0.4) is 0 Å². The van der Waals surface area contributed by atoms with E-state index in [1.807, 2.05) is 39.0 Å². The fourth-order valence-electron chi connectivity index (χ4n) is 10.2. The second-order valence-corrected chi connectivity index (χ2v) is 17.9. The van der Waals surface area contributed by atoms with Gasteiger partial charge in [0, 0.05) is 76.6 Å². The first-order chi connectivity index (χ1) is 30.2. The third kappa shape index (κ3) is 8.78. The van der Waals surface area contributed by atoms with Crippen LogP contribution in [0.15, 0.2) is 94.0 Å². The topological polar surface area (TPSA) is 116 Å². The Labute approximate surface area is 365 Å². The molecule has 324 valence electrons. The predicted molar refractivity (Wildman–Crippen MR) is 239 cm³/mol. The van der Waals surface area contributed by atoms with E-state index in [0.717, 1.165) is 100 Å². The van der Waals surface area contributed by atoms with E-state index in [2.05, 4.69) is 57.6 Å². The lowest BCUT2D eigenvalue weighted by Gasteiger charge is -2.36. The van der Waals surface area contributed by atoms with Crippen LogP contribution in [0.25, 0.3) is 0 Å². The van der Waals surface area contributed by atoms with Crippen LogP contribution in [-0.2, 0) is 25.7 Å². The van der Waals surface area contributed by atoms with Crippen molar-refractivity contribution in [1.29, 1.82) is 0 Å². The second-order valence-electron chi connectivity index (χ2n) is 17.9. The number of carbonyl (C=O) groups is 2. The van der Waals surface area contributed by atoms with Gasteiger partial charge in [-0.3, -0.25) is 9.69 Å².